The molecule has 78 valence electrons. The van der Waals surface area contributed by atoms with E-state index >= 15 is 0 Å². The maximum absolute atomic E-state index is 10.5. The monoisotopic (exact) mass is 199 g/mol. The summed E-state index contributed by atoms with van der Waals surface area (Å²) in [6, 6.07) is 3.06. The highest BCUT2D eigenvalue weighted by atomic mass is 16.5. The van der Waals surface area contributed by atoms with Gasteiger partial charge in [-0.1, -0.05) is 0 Å². The lowest BCUT2D eigenvalue weighted by atomic mass is 10.4. The fourth-order valence-corrected chi connectivity index (χ4v) is 0.986. The lowest BCUT2D eigenvalue weighted by Gasteiger charge is -2.14. The predicted octanol–water partition coefficient (Wildman–Crippen LogP) is 1.06. The van der Waals surface area contributed by atoms with E-state index in [9.17, 15) is 4.79 Å². The van der Waals surface area contributed by atoms with Gasteiger partial charge >= 0.3 is 5.97 Å². The number of nitrogens with zero attached hydrogens (tertiary/aromatic N) is 1. The van der Waals surface area contributed by atoms with Crippen molar-refractivity contribution in [3.05, 3.63) is 17.9 Å². The van der Waals surface area contributed by atoms with Crippen LogP contribution >= 0.6 is 0 Å². The van der Waals surface area contributed by atoms with Gasteiger partial charge in [-0.2, -0.15) is 0 Å². The van der Waals surface area contributed by atoms with E-state index in [1.54, 1.807) is 18.1 Å². The van der Waals surface area contributed by atoms with Gasteiger partial charge in [0.15, 0.2) is 5.88 Å². The second kappa shape index (κ2) is 4.66. The topological polar surface area (TPSA) is 62.9 Å². The van der Waals surface area contributed by atoms with Crippen molar-refractivity contribution in [1.29, 1.82) is 0 Å². The van der Waals surface area contributed by atoms with E-state index in [1.807, 2.05) is 7.05 Å². The zero-order valence-electron chi connectivity index (χ0n) is 8.19. The predicted molar refractivity (Wildman–Crippen MR) is 50.8 cm³/mol. The third-order valence-corrected chi connectivity index (χ3v) is 1.81. The molecule has 0 aliphatic rings. The summed E-state index contributed by atoms with van der Waals surface area (Å²) in [5, 5.41) is 8.62. The molecule has 1 rings (SSSR count). The quantitative estimate of drug-likeness (QED) is 0.768. The van der Waals surface area contributed by atoms with E-state index in [-0.39, 0.29) is 5.76 Å². The molecular weight excluding hydrogens is 186 g/mol. The molecule has 1 N–H and O–H groups in total. The van der Waals surface area contributed by atoms with Gasteiger partial charge in [-0.05, 0) is 6.07 Å². The summed E-state index contributed by atoms with van der Waals surface area (Å²) in [4.78, 5) is 12.3. The smallest absolute Gasteiger partial charge is 0.371 e. The second-order valence-corrected chi connectivity index (χ2v) is 2.86. The molecule has 0 aliphatic heterocycles. The average Bonchev–Trinajstić information content (AvgIpc) is 2.62. The van der Waals surface area contributed by atoms with Gasteiger partial charge in [-0.25, -0.2) is 4.79 Å². The lowest BCUT2D eigenvalue weighted by molar-refractivity contribution is 0.0663. The molecule has 5 nitrogen and oxygen atoms in total. The summed E-state index contributed by atoms with van der Waals surface area (Å²) in [6.07, 6.45) is 0. The van der Waals surface area contributed by atoms with E-state index in [0.29, 0.717) is 19.0 Å². The number of hydrogen-bond donors (Lipinski definition) is 1. The van der Waals surface area contributed by atoms with Crippen molar-refractivity contribution in [3.8, 4) is 0 Å². The minimum absolute atomic E-state index is 0.0516. The van der Waals surface area contributed by atoms with Crippen LogP contribution in [0.2, 0.25) is 0 Å². The minimum Gasteiger partial charge on any atom is -0.475 e. The first-order valence-corrected chi connectivity index (χ1v) is 4.18. The third-order valence-electron chi connectivity index (χ3n) is 1.81. The molecule has 0 saturated heterocycles. The maximum Gasteiger partial charge on any atom is 0.371 e. The van der Waals surface area contributed by atoms with Crippen LogP contribution in [0, 0.1) is 0 Å². The molecule has 1 aromatic rings. The Morgan fingerprint density at radius 3 is 2.86 bits per heavy atom. The van der Waals surface area contributed by atoms with Crippen molar-refractivity contribution in [2.75, 3.05) is 32.2 Å². The SMILES string of the molecule is COCCN(C)c1ccc(C(=O)O)o1. The van der Waals surface area contributed by atoms with Crippen LogP contribution in [-0.2, 0) is 4.74 Å². The van der Waals surface area contributed by atoms with Crippen molar-refractivity contribution < 1.29 is 19.1 Å². The van der Waals surface area contributed by atoms with Crippen molar-refractivity contribution in [1.82, 2.24) is 0 Å². The van der Waals surface area contributed by atoms with Crippen LogP contribution < -0.4 is 4.90 Å². The number of furan rings is 1. The van der Waals surface area contributed by atoms with Crippen LogP contribution in [0.15, 0.2) is 16.5 Å². The average molecular weight is 199 g/mol. The number of anilines is 1. The van der Waals surface area contributed by atoms with E-state index in [2.05, 4.69) is 0 Å². The summed E-state index contributed by atoms with van der Waals surface area (Å²) < 4.78 is 9.96. The summed E-state index contributed by atoms with van der Waals surface area (Å²) in [6.45, 7) is 1.22. The Kier molecular flexibility index (Phi) is 3.53. The fourth-order valence-electron chi connectivity index (χ4n) is 0.986. The Morgan fingerprint density at radius 1 is 1.64 bits per heavy atom. The summed E-state index contributed by atoms with van der Waals surface area (Å²) in [7, 11) is 3.42. The molecule has 0 saturated carbocycles. The van der Waals surface area contributed by atoms with Gasteiger partial charge in [-0.15, -0.1) is 0 Å². The molecule has 5 heteroatoms. The van der Waals surface area contributed by atoms with Crippen LogP contribution in [0.25, 0.3) is 0 Å². The van der Waals surface area contributed by atoms with E-state index in [0.717, 1.165) is 0 Å². The highest BCUT2D eigenvalue weighted by molar-refractivity contribution is 5.84. The van der Waals surface area contributed by atoms with Crippen molar-refractivity contribution >= 4 is 11.9 Å². The van der Waals surface area contributed by atoms with E-state index in [4.69, 9.17) is 14.3 Å². The molecule has 0 aromatic carbocycles. The van der Waals surface area contributed by atoms with Crippen LogP contribution in [0.4, 0.5) is 5.88 Å². The number of likely N-dealkylation sites (N-methyl/N-ethyl adjacent to an activating group) is 1. The Labute approximate surface area is 81.9 Å². The first-order valence-electron chi connectivity index (χ1n) is 4.18. The zero-order valence-corrected chi connectivity index (χ0v) is 8.19. The Morgan fingerprint density at radius 2 is 2.36 bits per heavy atom. The van der Waals surface area contributed by atoms with Crippen molar-refractivity contribution in [3.63, 3.8) is 0 Å². The number of carbonyl (C=O) groups is 1. The van der Waals surface area contributed by atoms with Crippen molar-refractivity contribution in [2.24, 2.45) is 0 Å². The molecule has 1 heterocycles. The molecule has 0 radical (unpaired) electrons. The summed E-state index contributed by atoms with van der Waals surface area (Å²) in [5.74, 6) is -0.583. The molecule has 0 spiro atoms. The lowest BCUT2D eigenvalue weighted by Crippen LogP contribution is -2.21. The number of carboxylic acid groups (broad SMARTS) is 1. The summed E-state index contributed by atoms with van der Waals surface area (Å²) >= 11 is 0. The van der Waals surface area contributed by atoms with Crippen LogP contribution in [0.3, 0.4) is 0 Å². The summed E-state index contributed by atoms with van der Waals surface area (Å²) in [5.41, 5.74) is 0. The van der Waals surface area contributed by atoms with Gasteiger partial charge in [-0.3, -0.25) is 0 Å². The fraction of sp³-hybridized carbons (Fsp3) is 0.444. The highest BCUT2D eigenvalue weighted by Gasteiger charge is 2.11. The Bertz CT molecular complexity index is 308. The Balaban J connectivity index is 2.61. The van der Waals surface area contributed by atoms with Gasteiger partial charge < -0.3 is 19.2 Å². The first-order chi connectivity index (χ1) is 6.65. The van der Waals surface area contributed by atoms with E-state index in [1.165, 1.54) is 6.07 Å². The van der Waals surface area contributed by atoms with E-state index < -0.39 is 5.97 Å². The standard InChI is InChI=1S/C9H13NO4/c1-10(5-6-13-2)8-4-3-7(14-8)9(11)12/h3-4H,5-6H2,1-2H3,(H,11,12). The largest absolute Gasteiger partial charge is 0.475 e. The number of ether oxygens (including phenoxy) is 1. The van der Waals surface area contributed by atoms with Crippen LogP contribution in [-0.4, -0.2) is 38.4 Å². The van der Waals surface area contributed by atoms with Gasteiger partial charge in [0.1, 0.15) is 0 Å². The first kappa shape index (κ1) is 10.6. The van der Waals surface area contributed by atoms with Gasteiger partial charge in [0.2, 0.25) is 5.76 Å². The number of methoxy groups -OCH3 is 1. The number of hydrogen-bond acceptors (Lipinski definition) is 4. The molecule has 0 atom stereocenters. The highest BCUT2D eigenvalue weighted by Crippen LogP contribution is 2.16. The third kappa shape index (κ3) is 2.50. The van der Waals surface area contributed by atoms with Gasteiger partial charge in [0, 0.05) is 26.8 Å². The molecule has 1 aromatic heterocycles. The molecule has 0 fully saturated rings. The molecule has 0 aliphatic carbocycles. The number of aromatic carboxylic acids is 1. The second-order valence-electron chi connectivity index (χ2n) is 2.86. The van der Waals surface area contributed by atoms with Crippen molar-refractivity contribution in [2.45, 2.75) is 0 Å². The molecular formula is C9H13NO4. The molecule has 14 heavy (non-hydrogen) atoms. The maximum atomic E-state index is 10.5. The van der Waals surface area contributed by atoms with Gasteiger partial charge in [0.25, 0.3) is 0 Å². The molecule has 0 amide bonds. The zero-order chi connectivity index (χ0) is 10.6. The van der Waals surface area contributed by atoms with Gasteiger partial charge in [0.05, 0.1) is 6.61 Å². The van der Waals surface area contributed by atoms with Crippen LogP contribution in [0.1, 0.15) is 10.6 Å². The molecule has 0 bridgehead atoms. The normalized spacial score (nSPS) is 10.1. The minimum atomic E-state index is -1.06. The molecule has 0 unspecified atom stereocenters. The van der Waals surface area contributed by atoms with Crippen LogP contribution in [0.5, 0.6) is 0 Å². The Hall–Kier alpha value is -1.49. The number of carboxylic acids is 1. The number of rotatable bonds is 5.